The Kier molecular flexibility index (Phi) is 5.93. The number of nitrogens with zero attached hydrogens (tertiary/aromatic N) is 2. The molecular formula is C20H24N4O2S. The van der Waals surface area contributed by atoms with Crippen LogP contribution >= 0.6 is 11.3 Å². The fourth-order valence-electron chi connectivity index (χ4n) is 3.14. The molecule has 1 unspecified atom stereocenters. The van der Waals surface area contributed by atoms with Crippen LogP contribution < -0.4 is 10.6 Å². The lowest BCUT2D eigenvalue weighted by Crippen LogP contribution is -2.42. The Balaban J connectivity index is 1.66. The third-order valence-electron chi connectivity index (χ3n) is 4.58. The molecule has 27 heavy (non-hydrogen) atoms. The average molecular weight is 385 g/mol. The molecule has 0 saturated heterocycles. The van der Waals surface area contributed by atoms with Gasteiger partial charge in [0.1, 0.15) is 0 Å². The lowest BCUT2D eigenvalue weighted by atomic mass is 10.0. The van der Waals surface area contributed by atoms with Crippen LogP contribution in [0.4, 0.5) is 0 Å². The summed E-state index contributed by atoms with van der Waals surface area (Å²) in [4.78, 5) is 27.3. The van der Waals surface area contributed by atoms with Gasteiger partial charge in [-0.1, -0.05) is 24.3 Å². The fraction of sp³-hybridized carbons (Fsp3) is 0.300. The van der Waals surface area contributed by atoms with E-state index in [-0.39, 0.29) is 6.04 Å². The summed E-state index contributed by atoms with van der Waals surface area (Å²) in [5.41, 5.74) is 2.26. The number of aromatic nitrogens is 1. The van der Waals surface area contributed by atoms with Crippen molar-refractivity contribution in [1.82, 2.24) is 20.1 Å². The number of thiophene rings is 1. The van der Waals surface area contributed by atoms with Gasteiger partial charge in [0.25, 0.3) is 0 Å². The maximum atomic E-state index is 12.2. The van der Waals surface area contributed by atoms with Crippen LogP contribution in [0.25, 0.3) is 10.9 Å². The Morgan fingerprint density at radius 3 is 2.56 bits per heavy atom. The topological polar surface area (TPSA) is 66.4 Å². The summed E-state index contributed by atoms with van der Waals surface area (Å²) >= 11 is 1.54. The number of hydrogen-bond acceptors (Lipinski definition) is 4. The first-order chi connectivity index (χ1) is 13.0. The number of amides is 2. The molecule has 0 saturated carbocycles. The molecule has 1 aromatic carbocycles. The van der Waals surface area contributed by atoms with Gasteiger partial charge >= 0.3 is 11.8 Å². The van der Waals surface area contributed by atoms with E-state index < -0.39 is 11.8 Å². The number of aryl methyl sites for hydroxylation is 1. The van der Waals surface area contributed by atoms with Crippen LogP contribution in [0.1, 0.15) is 16.5 Å². The highest BCUT2D eigenvalue weighted by atomic mass is 32.1. The molecule has 0 radical (unpaired) electrons. The average Bonchev–Trinajstić information content (AvgIpc) is 3.28. The second-order valence-corrected chi connectivity index (χ2v) is 7.70. The normalized spacial score (nSPS) is 12.3. The molecule has 2 heterocycles. The molecule has 0 aliphatic rings. The molecule has 0 aliphatic heterocycles. The van der Waals surface area contributed by atoms with Crippen LogP contribution in [0, 0.1) is 0 Å². The van der Waals surface area contributed by atoms with Crippen molar-refractivity contribution < 1.29 is 9.59 Å². The van der Waals surface area contributed by atoms with Crippen molar-refractivity contribution in [2.75, 3.05) is 20.6 Å². The lowest BCUT2D eigenvalue weighted by molar-refractivity contribution is -0.139. The number of hydrogen-bond donors (Lipinski definition) is 2. The minimum atomic E-state index is -0.612. The minimum absolute atomic E-state index is 0.0369. The highest BCUT2D eigenvalue weighted by Gasteiger charge is 2.21. The van der Waals surface area contributed by atoms with Crippen LogP contribution in [0.15, 0.2) is 48.0 Å². The molecule has 3 rings (SSSR count). The zero-order chi connectivity index (χ0) is 19.4. The Morgan fingerprint density at radius 2 is 1.85 bits per heavy atom. The van der Waals surface area contributed by atoms with E-state index in [1.54, 1.807) is 11.3 Å². The number of para-hydroxylation sites is 1. The molecule has 0 fully saturated rings. The molecule has 0 bridgehead atoms. The number of carbonyl (C=O) groups excluding carboxylic acids is 2. The van der Waals surface area contributed by atoms with Gasteiger partial charge in [-0.3, -0.25) is 9.59 Å². The van der Waals surface area contributed by atoms with Crippen molar-refractivity contribution in [2.24, 2.45) is 7.05 Å². The van der Waals surface area contributed by atoms with E-state index in [0.717, 1.165) is 21.3 Å². The third-order valence-corrected chi connectivity index (χ3v) is 5.45. The molecule has 3 aromatic rings. The van der Waals surface area contributed by atoms with E-state index in [1.807, 2.05) is 55.7 Å². The molecule has 1 atom stereocenters. The van der Waals surface area contributed by atoms with Crippen molar-refractivity contribution in [3.05, 3.63) is 58.4 Å². The fourth-order valence-corrected chi connectivity index (χ4v) is 3.78. The summed E-state index contributed by atoms with van der Waals surface area (Å²) in [6.07, 6.45) is 2.08. The van der Waals surface area contributed by atoms with E-state index in [9.17, 15) is 9.59 Å². The van der Waals surface area contributed by atoms with Gasteiger partial charge in [-0.15, -0.1) is 11.3 Å². The summed E-state index contributed by atoms with van der Waals surface area (Å²) < 4.78 is 2.08. The van der Waals surface area contributed by atoms with Gasteiger partial charge in [0.2, 0.25) is 0 Å². The predicted molar refractivity (Wildman–Crippen MR) is 109 cm³/mol. The number of nitrogens with one attached hydrogen (secondary N) is 2. The Hall–Kier alpha value is -2.64. The highest BCUT2D eigenvalue weighted by Crippen LogP contribution is 2.28. The van der Waals surface area contributed by atoms with E-state index in [0.29, 0.717) is 13.1 Å². The van der Waals surface area contributed by atoms with Crippen LogP contribution in [0.2, 0.25) is 0 Å². The van der Waals surface area contributed by atoms with Gasteiger partial charge < -0.3 is 20.1 Å². The molecule has 6 nitrogen and oxygen atoms in total. The highest BCUT2D eigenvalue weighted by molar-refractivity contribution is 7.09. The number of benzene rings is 1. The molecule has 0 aliphatic carbocycles. The third kappa shape index (κ3) is 4.37. The maximum absolute atomic E-state index is 12.2. The lowest BCUT2D eigenvalue weighted by Gasteiger charge is -2.24. The summed E-state index contributed by atoms with van der Waals surface area (Å²) in [7, 11) is 5.94. The number of rotatable bonds is 6. The van der Waals surface area contributed by atoms with E-state index in [2.05, 4.69) is 33.5 Å². The maximum Gasteiger partial charge on any atom is 0.309 e. The zero-order valence-corrected chi connectivity index (χ0v) is 16.5. The quantitative estimate of drug-likeness (QED) is 0.641. The molecule has 2 N–H and O–H groups in total. The van der Waals surface area contributed by atoms with Crippen LogP contribution in [-0.2, 0) is 23.2 Å². The first kappa shape index (κ1) is 19.1. The van der Waals surface area contributed by atoms with Gasteiger partial charge in [0.05, 0.1) is 12.6 Å². The first-order valence-electron chi connectivity index (χ1n) is 8.76. The SMILES string of the molecule is CN(C)C(CNC(=O)C(=O)NCc1cccs1)c1cn(C)c2ccccc12. The van der Waals surface area contributed by atoms with Gasteiger partial charge in [-0.05, 0) is 37.2 Å². The zero-order valence-electron chi connectivity index (χ0n) is 15.7. The molecule has 0 spiro atoms. The molecule has 2 amide bonds. The van der Waals surface area contributed by atoms with E-state index >= 15 is 0 Å². The van der Waals surface area contributed by atoms with Gasteiger partial charge in [-0.2, -0.15) is 0 Å². The van der Waals surface area contributed by atoms with Crippen molar-refractivity contribution in [1.29, 1.82) is 0 Å². The number of fused-ring (bicyclic) bond motifs is 1. The number of likely N-dealkylation sites (N-methyl/N-ethyl adjacent to an activating group) is 1. The van der Waals surface area contributed by atoms with Crippen molar-refractivity contribution in [2.45, 2.75) is 12.6 Å². The summed E-state index contributed by atoms with van der Waals surface area (Å²) in [6.45, 7) is 0.719. The largest absolute Gasteiger partial charge is 0.350 e. The second-order valence-electron chi connectivity index (χ2n) is 6.66. The standard InChI is InChI=1S/C20H24N4O2S/c1-23(2)18(16-13-24(3)17-9-5-4-8-15(16)17)12-22-20(26)19(25)21-11-14-7-6-10-27-14/h4-10,13,18H,11-12H2,1-3H3,(H,21,25)(H,22,26). The molecule has 2 aromatic heterocycles. The molecular weight excluding hydrogens is 360 g/mol. The van der Waals surface area contributed by atoms with Crippen LogP contribution in [0.5, 0.6) is 0 Å². The monoisotopic (exact) mass is 384 g/mol. The Labute approximate surface area is 162 Å². The smallest absolute Gasteiger partial charge is 0.309 e. The summed E-state index contributed by atoms with van der Waals surface area (Å²) in [6, 6.07) is 12.0. The van der Waals surface area contributed by atoms with Gasteiger partial charge in [0.15, 0.2) is 0 Å². The second kappa shape index (κ2) is 8.37. The summed E-state index contributed by atoms with van der Waals surface area (Å²) in [5, 5.41) is 8.51. The van der Waals surface area contributed by atoms with E-state index in [4.69, 9.17) is 0 Å². The Morgan fingerprint density at radius 1 is 1.11 bits per heavy atom. The van der Waals surface area contributed by atoms with Gasteiger partial charge in [0, 0.05) is 35.6 Å². The van der Waals surface area contributed by atoms with Crippen molar-refractivity contribution in [3.63, 3.8) is 0 Å². The summed E-state index contributed by atoms with van der Waals surface area (Å²) in [5.74, 6) is -1.22. The molecule has 142 valence electrons. The first-order valence-corrected chi connectivity index (χ1v) is 9.64. The molecule has 7 heteroatoms. The number of carbonyl (C=O) groups is 2. The minimum Gasteiger partial charge on any atom is -0.350 e. The predicted octanol–water partition coefficient (Wildman–Crippen LogP) is 2.28. The van der Waals surface area contributed by atoms with Gasteiger partial charge in [-0.25, -0.2) is 0 Å². The van der Waals surface area contributed by atoms with E-state index in [1.165, 1.54) is 0 Å². The Bertz CT molecular complexity index is 931. The van der Waals surface area contributed by atoms with Crippen LogP contribution in [0.3, 0.4) is 0 Å². The van der Waals surface area contributed by atoms with Crippen LogP contribution in [-0.4, -0.2) is 41.9 Å². The van der Waals surface area contributed by atoms with Crippen molar-refractivity contribution in [3.8, 4) is 0 Å². The van der Waals surface area contributed by atoms with Crippen molar-refractivity contribution >= 4 is 34.1 Å².